The molecule has 1 saturated heterocycles. The molecule has 0 atom stereocenters. The van der Waals surface area contributed by atoms with Gasteiger partial charge in [-0.15, -0.1) is 0 Å². The van der Waals surface area contributed by atoms with Gasteiger partial charge < -0.3 is 24.7 Å². The summed E-state index contributed by atoms with van der Waals surface area (Å²) in [5.74, 6) is 1.22. The molecule has 0 spiro atoms. The molecule has 3 aromatic rings. The summed E-state index contributed by atoms with van der Waals surface area (Å²) in [6.45, 7) is 1.59. The number of hydrogen-bond acceptors (Lipinski definition) is 6. The molecular formula is C24H27N3O5. The van der Waals surface area contributed by atoms with Gasteiger partial charge in [0.2, 0.25) is 0 Å². The van der Waals surface area contributed by atoms with Gasteiger partial charge in [0.05, 0.1) is 29.5 Å². The van der Waals surface area contributed by atoms with Crippen LogP contribution in [0, 0.1) is 0 Å². The lowest BCUT2D eigenvalue weighted by Crippen LogP contribution is -2.42. The molecule has 5 rings (SSSR count). The molecule has 2 fully saturated rings. The van der Waals surface area contributed by atoms with Crippen molar-refractivity contribution in [2.75, 3.05) is 13.2 Å². The number of nitrogens with two attached hydrogens (primary N) is 1. The first-order valence-electron chi connectivity index (χ1n) is 11.0. The van der Waals surface area contributed by atoms with E-state index in [1.807, 2.05) is 31.3 Å². The summed E-state index contributed by atoms with van der Waals surface area (Å²) in [4.78, 5) is 11.9. The van der Waals surface area contributed by atoms with Gasteiger partial charge in [0.25, 0.3) is 5.91 Å². The quantitative estimate of drug-likeness (QED) is 0.607. The summed E-state index contributed by atoms with van der Waals surface area (Å²) in [6.07, 6.45) is 6.23. The molecule has 1 aliphatic heterocycles. The Hall–Kier alpha value is -3.10. The zero-order valence-electron chi connectivity index (χ0n) is 18.0. The second-order valence-corrected chi connectivity index (χ2v) is 8.39. The fourth-order valence-corrected chi connectivity index (χ4v) is 4.17. The summed E-state index contributed by atoms with van der Waals surface area (Å²) in [7, 11) is 1.84. The van der Waals surface area contributed by atoms with Gasteiger partial charge in [-0.2, -0.15) is 5.10 Å². The van der Waals surface area contributed by atoms with E-state index in [1.165, 1.54) is 0 Å². The predicted octanol–water partition coefficient (Wildman–Crippen LogP) is 3.57. The molecule has 2 aliphatic rings. The Morgan fingerprint density at radius 2 is 1.78 bits per heavy atom. The van der Waals surface area contributed by atoms with Crippen molar-refractivity contribution in [2.24, 2.45) is 12.8 Å². The lowest BCUT2D eigenvalue weighted by atomic mass is 9.91. The van der Waals surface area contributed by atoms with Crippen molar-refractivity contribution < 1.29 is 23.7 Å². The fourth-order valence-electron chi connectivity index (χ4n) is 4.17. The number of aromatic nitrogens is 2. The highest BCUT2D eigenvalue weighted by molar-refractivity contribution is 6.00. The van der Waals surface area contributed by atoms with Gasteiger partial charge >= 0.3 is 0 Å². The minimum absolute atomic E-state index is 0.167. The van der Waals surface area contributed by atoms with E-state index in [0.717, 1.165) is 55.5 Å². The summed E-state index contributed by atoms with van der Waals surface area (Å²) >= 11 is 0. The van der Waals surface area contributed by atoms with Crippen molar-refractivity contribution in [3.63, 3.8) is 0 Å². The van der Waals surface area contributed by atoms with Crippen LogP contribution in [0.25, 0.3) is 10.9 Å². The van der Waals surface area contributed by atoms with Gasteiger partial charge in [0.1, 0.15) is 23.4 Å². The monoisotopic (exact) mass is 437 g/mol. The van der Waals surface area contributed by atoms with E-state index in [4.69, 9.17) is 24.7 Å². The zero-order valence-corrected chi connectivity index (χ0v) is 18.0. The van der Waals surface area contributed by atoms with Crippen LogP contribution < -0.4 is 15.2 Å². The molecule has 1 aromatic heterocycles. The molecule has 1 amide bonds. The molecule has 8 nitrogen and oxygen atoms in total. The van der Waals surface area contributed by atoms with E-state index in [0.29, 0.717) is 23.2 Å². The average Bonchev–Trinajstić information content (AvgIpc) is 3.13. The molecular weight excluding hydrogens is 410 g/mol. The minimum Gasteiger partial charge on any atom is -0.490 e. The van der Waals surface area contributed by atoms with Crippen molar-refractivity contribution in [1.29, 1.82) is 0 Å². The summed E-state index contributed by atoms with van der Waals surface area (Å²) in [5, 5.41) is 5.04. The summed E-state index contributed by atoms with van der Waals surface area (Å²) < 4.78 is 25.3. The molecule has 8 heteroatoms. The maximum absolute atomic E-state index is 11.9. The Labute approximate surface area is 186 Å². The third kappa shape index (κ3) is 4.42. The fraction of sp³-hybridized carbons (Fsp3) is 0.417. The van der Waals surface area contributed by atoms with Crippen LogP contribution in [0.5, 0.6) is 17.2 Å². The van der Waals surface area contributed by atoms with E-state index in [2.05, 4.69) is 5.10 Å². The largest absolute Gasteiger partial charge is 0.490 e. The van der Waals surface area contributed by atoms with Gasteiger partial charge in [-0.25, -0.2) is 0 Å². The van der Waals surface area contributed by atoms with Crippen LogP contribution in [0.1, 0.15) is 36.0 Å². The molecule has 168 valence electrons. The molecule has 0 bridgehead atoms. The Kier molecular flexibility index (Phi) is 5.71. The van der Waals surface area contributed by atoms with Gasteiger partial charge in [0, 0.05) is 44.6 Å². The third-order valence-corrected chi connectivity index (χ3v) is 6.07. The Morgan fingerprint density at radius 1 is 1.06 bits per heavy atom. The van der Waals surface area contributed by atoms with Gasteiger partial charge in [-0.05, 0) is 43.2 Å². The van der Waals surface area contributed by atoms with Crippen molar-refractivity contribution in [3.05, 3.63) is 48.2 Å². The predicted molar refractivity (Wildman–Crippen MR) is 118 cm³/mol. The van der Waals surface area contributed by atoms with Crippen molar-refractivity contribution in [3.8, 4) is 17.2 Å². The molecule has 0 radical (unpaired) electrons. The maximum atomic E-state index is 11.9. The number of nitrogens with zero attached hydrogens (tertiary/aromatic N) is 2. The molecule has 0 unspecified atom stereocenters. The van der Waals surface area contributed by atoms with Crippen LogP contribution in [0.4, 0.5) is 0 Å². The van der Waals surface area contributed by atoms with Crippen molar-refractivity contribution in [1.82, 2.24) is 9.78 Å². The maximum Gasteiger partial charge on any atom is 0.252 e. The lowest BCUT2D eigenvalue weighted by Gasteiger charge is -2.38. The Bertz CT molecular complexity index is 1100. The molecule has 1 saturated carbocycles. The first-order valence-corrected chi connectivity index (χ1v) is 11.0. The third-order valence-electron chi connectivity index (χ3n) is 6.07. The van der Waals surface area contributed by atoms with E-state index in [1.54, 1.807) is 23.0 Å². The number of carbonyl (C=O) groups excluding carboxylic acids is 1. The molecule has 1 aliphatic carbocycles. The van der Waals surface area contributed by atoms with Crippen LogP contribution in [-0.4, -0.2) is 47.2 Å². The molecule has 32 heavy (non-hydrogen) atoms. The number of primary amides is 1. The van der Waals surface area contributed by atoms with E-state index in [-0.39, 0.29) is 12.2 Å². The number of aryl methyl sites for hydroxylation is 1. The molecule has 2 heterocycles. The van der Waals surface area contributed by atoms with Crippen molar-refractivity contribution >= 4 is 16.8 Å². The normalized spacial score (nSPS) is 21.3. The zero-order chi connectivity index (χ0) is 22.1. The topological polar surface area (TPSA) is 97.8 Å². The van der Waals surface area contributed by atoms with Crippen molar-refractivity contribution in [2.45, 2.75) is 44.0 Å². The van der Waals surface area contributed by atoms with Crippen LogP contribution in [0.3, 0.4) is 0 Å². The smallest absolute Gasteiger partial charge is 0.252 e. The van der Waals surface area contributed by atoms with Gasteiger partial charge in [0.15, 0.2) is 0 Å². The Morgan fingerprint density at radius 3 is 2.50 bits per heavy atom. The van der Waals surface area contributed by atoms with Crippen LogP contribution in [-0.2, 0) is 16.5 Å². The number of ether oxygens (including phenoxy) is 4. The second kappa shape index (κ2) is 8.80. The SMILES string of the molecule is Cn1ncc2cc(C(N)=O)c(Oc3ccc(OC4CC(OC5CCOCC5)C4)cc3)cc21. The van der Waals surface area contributed by atoms with Crippen LogP contribution >= 0.6 is 0 Å². The highest BCUT2D eigenvalue weighted by Crippen LogP contribution is 2.33. The minimum atomic E-state index is -0.548. The van der Waals surface area contributed by atoms with Gasteiger partial charge in [-0.3, -0.25) is 9.48 Å². The van der Waals surface area contributed by atoms with Crippen LogP contribution in [0.15, 0.2) is 42.6 Å². The highest BCUT2D eigenvalue weighted by Gasteiger charge is 2.34. The number of fused-ring (bicyclic) bond motifs is 1. The van der Waals surface area contributed by atoms with E-state index >= 15 is 0 Å². The summed E-state index contributed by atoms with van der Waals surface area (Å²) in [6, 6.07) is 10.9. The first-order chi connectivity index (χ1) is 15.5. The number of amides is 1. The van der Waals surface area contributed by atoms with Crippen LogP contribution in [0.2, 0.25) is 0 Å². The number of benzene rings is 2. The number of rotatable bonds is 7. The van der Waals surface area contributed by atoms with E-state index < -0.39 is 5.91 Å². The van der Waals surface area contributed by atoms with Gasteiger partial charge in [-0.1, -0.05) is 0 Å². The number of hydrogen-bond donors (Lipinski definition) is 1. The highest BCUT2D eigenvalue weighted by atomic mass is 16.5. The number of carbonyl (C=O) groups is 1. The first kappa shape index (κ1) is 20.8. The average molecular weight is 437 g/mol. The standard InChI is InChI=1S/C24H27N3O5/c1-27-22-13-23(21(24(25)28)10-15(22)14-26-27)32-17-4-2-16(3-5-17)30-19-11-20(12-19)31-18-6-8-29-9-7-18/h2-5,10,13-14,18-20H,6-9,11-12H2,1H3,(H2,25,28). The summed E-state index contributed by atoms with van der Waals surface area (Å²) in [5.41, 5.74) is 6.72. The van der Waals surface area contributed by atoms with E-state index in [9.17, 15) is 4.79 Å². The second-order valence-electron chi connectivity index (χ2n) is 8.39. The molecule has 2 N–H and O–H groups in total. The Balaban J connectivity index is 1.19. The lowest BCUT2D eigenvalue weighted by molar-refractivity contribution is -0.122. The molecule has 2 aromatic carbocycles.